The van der Waals surface area contributed by atoms with Crippen LogP contribution >= 0.6 is 23.1 Å². The molecule has 0 atom stereocenters. The molecule has 2 heterocycles. The molecule has 1 amide bonds. The van der Waals surface area contributed by atoms with Gasteiger partial charge in [0.1, 0.15) is 4.70 Å². The molecule has 0 aliphatic rings. The minimum atomic E-state index is -0.132. The molecule has 0 aliphatic carbocycles. The van der Waals surface area contributed by atoms with Gasteiger partial charge in [0.15, 0.2) is 5.16 Å². The molecule has 1 N–H and O–H groups in total. The van der Waals surface area contributed by atoms with Gasteiger partial charge in [-0.3, -0.25) is 14.2 Å². The van der Waals surface area contributed by atoms with Crippen molar-refractivity contribution in [3.05, 3.63) is 76.1 Å². The Labute approximate surface area is 182 Å². The summed E-state index contributed by atoms with van der Waals surface area (Å²) in [6.45, 7) is 4.05. The quantitative estimate of drug-likeness (QED) is 0.354. The van der Waals surface area contributed by atoms with Crippen molar-refractivity contribution < 1.29 is 4.79 Å². The molecular formula is C23H21N3O2S2. The lowest BCUT2D eigenvalue weighted by molar-refractivity contribution is -0.113. The number of carbonyl (C=O) groups is 1. The van der Waals surface area contributed by atoms with E-state index in [1.165, 1.54) is 33.2 Å². The Bertz CT molecular complexity index is 1290. The SMILES string of the molecule is Cc1ccc(NC(=O)CSc2nc3cc(-c4ccccc4)sc3c(=O)n2C)cc1C. The summed E-state index contributed by atoms with van der Waals surface area (Å²) in [6.07, 6.45) is 0. The van der Waals surface area contributed by atoms with Gasteiger partial charge in [-0.2, -0.15) is 0 Å². The van der Waals surface area contributed by atoms with Crippen molar-refractivity contribution in [3.63, 3.8) is 0 Å². The number of carbonyl (C=O) groups excluding carboxylic acids is 1. The van der Waals surface area contributed by atoms with Crippen LogP contribution in [0.15, 0.2) is 64.5 Å². The van der Waals surface area contributed by atoms with Gasteiger partial charge in [-0.05, 0) is 48.7 Å². The van der Waals surface area contributed by atoms with Crippen molar-refractivity contribution in [1.82, 2.24) is 9.55 Å². The number of hydrogen-bond acceptors (Lipinski definition) is 5. The van der Waals surface area contributed by atoms with Crippen LogP contribution in [-0.4, -0.2) is 21.2 Å². The Balaban J connectivity index is 1.54. The third-order valence-corrected chi connectivity index (χ3v) is 7.09. The zero-order valence-electron chi connectivity index (χ0n) is 16.9. The van der Waals surface area contributed by atoms with Crippen LogP contribution in [0.25, 0.3) is 20.7 Å². The van der Waals surface area contributed by atoms with Crippen molar-refractivity contribution >= 4 is 44.9 Å². The minimum absolute atomic E-state index is 0.0933. The van der Waals surface area contributed by atoms with Crippen LogP contribution in [0, 0.1) is 13.8 Å². The molecule has 30 heavy (non-hydrogen) atoms. The maximum atomic E-state index is 12.8. The van der Waals surface area contributed by atoms with Crippen LogP contribution in [0.2, 0.25) is 0 Å². The molecule has 0 unspecified atom stereocenters. The molecule has 0 spiro atoms. The monoisotopic (exact) mass is 435 g/mol. The van der Waals surface area contributed by atoms with Gasteiger partial charge in [-0.15, -0.1) is 11.3 Å². The largest absolute Gasteiger partial charge is 0.325 e. The van der Waals surface area contributed by atoms with E-state index in [1.807, 2.05) is 68.4 Å². The molecule has 5 nitrogen and oxygen atoms in total. The summed E-state index contributed by atoms with van der Waals surface area (Å²) in [6, 6.07) is 17.7. The average Bonchev–Trinajstić information content (AvgIpc) is 3.17. The Morgan fingerprint density at radius 3 is 2.60 bits per heavy atom. The number of hydrogen-bond donors (Lipinski definition) is 1. The van der Waals surface area contributed by atoms with Crippen LogP contribution in [0.5, 0.6) is 0 Å². The highest BCUT2D eigenvalue weighted by Crippen LogP contribution is 2.31. The summed E-state index contributed by atoms with van der Waals surface area (Å²) in [4.78, 5) is 30.9. The van der Waals surface area contributed by atoms with E-state index >= 15 is 0 Å². The molecule has 7 heteroatoms. The van der Waals surface area contributed by atoms with E-state index in [-0.39, 0.29) is 17.2 Å². The molecule has 4 rings (SSSR count). The lowest BCUT2D eigenvalue weighted by Gasteiger charge is -2.09. The van der Waals surface area contributed by atoms with E-state index in [4.69, 9.17) is 0 Å². The number of amides is 1. The van der Waals surface area contributed by atoms with Crippen LogP contribution < -0.4 is 10.9 Å². The highest BCUT2D eigenvalue weighted by atomic mass is 32.2. The highest BCUT2D eigenvalue weighted by Gasteiger charge is 2.14. The number of anilines is 1. The second kappa shape index (κ2) is 8.45. The summed E-state index contributed by atoms with van der Waals surface area (Å²) in [5.74, 6) is 0.0434. The number of nitrogens with zero attached hydrogens (tertiary/aromatic N) is 2. The van der Waals surface area contributed by atoms with E-state index in [0.29, 0.717) is 15.4 Å². The topological polar surface area (TPSA) is 64.0 Å². The van der Waals surface area contributed by atoms with Gasteiger partial charge in [0.25, 0.3) is 5.56 Å². The average molecular weight is 436 g/mol. The Morgan fingerprint density at radius 1 is 1.10 bits per heavy atom. The molecule has 152 valence electrons. The Hall–Kier alpha value is -2.90. The first-order chi connectivity index (χ1) is 14.4. The molecule has 0 bridgehead atoms. The molecule has 0 saturated carbocycles. The van der Waals surface area contributed by atoms with Crippen LogP contribution in [-0.2, 0) is 11.8 Å². The van der Waals surface area contributed by atoms with Gasteiger partial charge in [0, 0.05) is 17.6 Å². The maximum Gasteiger partial charge on any atom is 0.271 e. The van der Waals surface area contributed by atoms with E-state index in [9.17, 15) is 9.59 Å². The number of thiophene rings is 1. The number of aryl methyl sites for hydroxylation is 2. The fourth-order valence-corrected chi connectivity index (χ4v) is 4.90. The van der Waals surface area contributed by atoms with Gasteiger partial charge in [0.2, 0.25) is 5.91 Å². The molecule has 0 aliphatic heterocycles. The fraction of sp³-hybridized carbons (Fsp3) is 0.174. The summed E-state index contributed by atoms with van der Waals surface area (Å²) in [5, 5.41) is 3.43. The van der Waals surface area contributed by atoms with E-state index in [1.54, 1.807) is 7.05 Å². The van der Waals surface area contributed by atoms with Gasteiger partial charge in [0.05, 0.1) is 11.3 Å². The number of thioether (sulfide) groups is 1. The number of rotatable bonds is 5. The van der Waals surface area contributed by atoms with E-state index in [2.05, 4.69) is 10.3 Å². The van der Waals surface area contributed by atoms with Gasteiger partial charge >= 0.3 is 0 Å². The van der Waals surface area contributed by atoms with Crippen molar-refractivity contribution in [2.45, 2.75) is 19.0 Å². The molecule has 2 aromatic carbocycles. The van der Waals surface area contributed by atoms with Gasteiger partial charge in [-0.25, -0.2) is 4.98 Å². The third kappa shape index (κ3) is 4.17. The van der Waals surface area contributed by atoms with Crippen LogP contribution in [0.1, 0.15) is 11.1 Å². The number of nitrogens with one attached hydrogen (secondary N) is 1. The van der Waals surface area contributed by atoms with Crippen LogP contribution in [0.4, 0.5) is 5.69 Å². The molecule has 0 saturated heterocycles. The minimum Gasteiger partial charge on any atom is -0.325 e. The second-order valence-corrected chi connectivity index (χ2v) is 9.08. The Morgan fingerprint density at radius 2 is 1.87 bits per heavy atom. The molecule has 0 fully saturated rings. The fourth-order valence-electron chi connectivity index (χ4n) is 3.06. The van der Waals surface area contributed by atoms with Gasteiger partial charge < -0.3 is 5.32 Å². The zero-order valence-corrected chi connectivity index (χ0v) is 18.6. The number of aromatic nitrogens is 2. The first-order valence-electron chi connectivity index (χ1n) is 9.48. The lowest BCUT2D eigenvalue weighted by Crippen LogP contribution is -2.20. The summed E-state index contributed by atoms with van der Waals surface area (Å²) in [5.41, 5.74) is 4.71. The molecular weight excluding hydrogens is 414 g/mol. The molecule has 2 aromatic heterocycles. The maximum absolute atomic E-state index is 12.8. The van der Waals surface area contributed by atoms with Crippen molar-refractivity contribution in [2.75, 3.05) is 11.1 Å². The lowest BCUT2D eigenvalue weighted by atomic mass is 10.1. The predicted molar refractivity (Wildman–Crippen MR) is 126 cm³/mol. The van der Waals surface area contributed by atoms with Gasteiger partial charge in [-0.1, -0.05) is 48.2 Å². The van der Waals surface area contributed by atoms with E-state index in [0.717, 1.165) is 21.7 Å². The standard InChI is InChI=1S/C23H21N3O2S2/c1-14-9-10-17(11-15(14)2)24-20(27)13-29-23-25-18-12-19(16-7-5-4-6-8-16)30-21(18)22(28)26(23)3/h4-12H,13H2,1-3H3,(H,24,27). The summed E-state index contributed by atoms with van der Waals surface area (Å²) >= 11 is 2.70. The van der Waals surface area contributed by atoms with Crippen molar-refractivity contribution in [3.8, 4) is 10.4 Å². The highest BCUT2D eigenvalue weighted by molar-refractivity contribution is 7.99. The third-order valence-electron chi connectivity index (χ3n) is 4.90. The number of benzene rings is 2. The number of fused-ring (bicyclic) bond motifs is 1. The first-order valence-corrected chi connectivity index (χ1v) is 11.3. The smallest absolute Gasteiger partial charge is 0.271 e. The van der Waals surface area contributed by atoms with Crippen molar-refractivity contribution in [2.24, 2.45) is 7.05 Å². The summed E-state index contributed by atoms with van der Waals surface area (Å²) in [7, 11) is 1.69. The first kappa shape index (κ1) is 20.4. The Kier molecular flexibility index (Phi) is 5.74. The second-order valence-electron chi connectivity index (χ2n) is 7.09. The zero-order chi connectivity index (χ0) is 21.3. The predicted octanol–water partition coefficient (Wildman–Crippen LogP) is 5.01. The van der Waals surface area contributed by atoms with Crippen LogP contribution in [0.3, 0.4) is 0 Å². The normalized spacial score (nSPS) is 11.0. The van der Waals surface area contributed by atoms with E-state index < -0.39 is 0 Å². The molecule has 4 aromatic rings. The summed E-state index contributed by atoms with van der Waals surface area (Å²) < 4.78 is 2.14. The van der Waals surface area contributed by atoms with Crippen molar-refractivity contribution in [1.29, 1.82) is 0 Å². The molecule has 0 radical (unpaired) electrons.